The minimum absolute atomic E-state index is 0.297. The van der Waals surface area contributed by atoms with Crippen LogP contribution in [0.2, 0.25) is 0 Å². The smallest absolute Gasteiger partial charge is 0.0460 e. The summed E-state index contributed by atoms with van der Waals surface area (Å²) in [7, 11) is 0. The highest BCUT2D eigenvalue weighted by atomic mass is 15.2. The monoisotopic (exact) mass is 262 g/mol. The molecule has 0 fully saturated rings. The Bertz CT molecular complexity index is 360. The van der Waals surface area contributed by atoms with Crippen LogP contribution in [0.15, 0.2) is 18.2 Å². The summed E-state index contributed by atoms with van der Waals surface area (Å²) in [5.41, 5.74) is 6.98. The van der Waals surface area contributed by atoms with Gasteiger partial charge in [-0.05, 0) is 37.0 Å². The first-order chi connectivity index (χ1) is 9.19. The third-order valence-corrected chi connectivity index (χ3v) is 3.98. The van der Waals surface area contributed by atoms with Crippen molar-refractivity contribution in [2.75, 3.05) is 0 Å². The molecule has 0 radical (unpaired) electrons. The quantitative estimate of drug-likeness (QED) is 0.389. The van der Waals surface area contributed by atoms with Gasteiger partial charge in [0.05, 0.1) is 0 Å². The van der Waals surface area contributed by atoms with Crippen LogP contribution < -0.4 is 11.3 Å². The standard InChI is InChI=1S/C17H30N2/c1-4-5-6-7-8-9-10-17(19-18)16-12-11-14(2)15(3)13-16/h11-13,17,19H,4-10,18H2,1-3H3. The predicted octanol–water partition coefficient (Wildman–Crippen LogP) is 4.56. The Hall–Kier alpha value is -0.860. The van der Waals surface area contributed by atoms with E-state index in [1.54, 1.807) is 0 Å². The number of benzene rings is 1. The van der Waals surface area contributed by atoms with Crippen molar-refractivity contribution in [3.05, 3.63) is 34.9 Å². The van der Waals surface area contributed by atoms with E-state index in [4.69, 9.17) is 5.84 Å². The molecule has 1 unspecified atom stereocenters. The molecule has 0 spiro atoms. The summed E-state index contributed by atoms with van der Waals surface area (Å²) >= 11 is 0. The van der Waals surface area contributed by atoms with Crippen molar-refractivity contribution in [1.29, 1.82) is 0 Å². The third-order valence-electron chi connectivity index (χ3n) is 3.98. The van der Waals surface area contributed by atoms with Crippen LogP contribution in [0.5, 0.6) is 0 Å². The maximum absolute atomic E-state index is 5.71. The van der Waals surface area contributed by atoms with Gasteiger partial charge >= 0.3 is 0 Å². The first-order valence-corrected chi connectivity index (χ1v) is 7.72. The lowest BCUT2D eigenvalue weighted by Crippen LogP contribution is -2.28. The van der Waals surface area contributed by atoms with Gasteiger partial charge in [-0.25, -0.2) is 0 Å². The minimum Gasteiger partial charge on any atom is -0.271 e. The average molecular weight is 262 g/mol. The van der Waals surface area contributed by atoms with Crippen LogP contribution in [-0.4, -0.2) is 0 Å². The number of hydrogen-bond donors (Lipinski definition) is 2. The minimum atomic E-state index is 0.297. The van der Waals surface area contributed by atoms with Gasteiger partial charge < -0.3 is 0 Å². The van der Waals surface area contributed by atoms with Crippen LogP contribution >= 0.6 is 0 Å². The maximum atomic E-state index is 5.71. The zero-order valence-electron chi connectivity index (χ0n) is 12.8. The summed E-state index contributed by atoms with van der Waals surface area (Å²) in [6.07, 6.45) is 9.13. The summed E-state index contributed by atoms with van der Waals surface area (Å²) in [5.74, 6) is 5.71. The van der Waals surface area contributed by atoms with Crippen LogP contribution in [0.3, 0.4) is 0 Å². The molecule has 1 atom stereocenters. The van der Waals surface area contributed by atoms with Gasteiger partial charge in [0.1, 0.15) is 0 Å². The van der Waals surface area contributed by atoms with Gasteiger partial charge in [0.25, 0.3) is 0 Å². The maximum Gasteiger partial charge on any atom is 0.0460 e. The summed E-state index contributed by atoms with van der Waals surface area (Å²) in [5, 5.41) is 0. The van der Waals surface area contributed by atoms with Crippen LogP contribution in [0.1, 0.15) is 74.6 Å². The fourth-order valence-corrected chi connectivity index (χ4v) is 2.46. The van der Waals surface area contributed by atoms with Crippen molar-refractivity contribution in [1.82, 2.24) is 5.43 Å². The zero-order chi connectivity index (χ0) is 14.1. The number of nitrogens with two attached hydrogens (primary N) is 1. The number of hydrazine groups is 1. The Balaban J connectivity index is 2.38. The predicted molar refractivity (Wildman–Crippen MR) is 84.0 cm³/mol. The van der Waals surface area contributed by atoms with E-state index in [0.717, 1.165) is 6.42 Å². The fourth-order valence-electron chi connectivity index (χ4n) is 2.46. The van der Waals surface area contributed by atoms with E-state index in [9.17, 15) is 0 Å². The molecule has 0 aromatic heterocycles. The lowest BCUT2D eigenvalue weighted by molar-refractivity contribution is 0.477. The highest BCUT2D eigenvalue weighted by molar-refractivity contribution is 5.31. The molecule has 0 amide bonds. The molecule has 0 aliphatic rings. The molecule has 0 heterocycles. The highest BCUT2D eigenvalue weighted by Crippen LogP contribution is 2.22. The van der Waals surface area contributed by atoms with Crippen molar-refractivity contribution < 1.29 is 0 Å². The molecule has 1 aromatic carbocycles. The molecule has 1 aromatic rings. The SMILES string of the molecule is CCCCCCCCC(NN)c1ccc(C)c(C)c1. The summed E-state index contributed by atoms with van der Waals surface area (Å²) in [4.78, 5) is 0. The number of hydrogen-bond acceptors (Lipinski definition) is 2. The molecule has 0 aliphatic carbocycles. The van der Waals surface area contributed by atoms with Gasteiger partial charge in [0, 0.05) is 6.04 Å². The molecule has 2 heteroatoms. The fraction of sp³-hybridized carbons (Fsp3) is 0.647. The van der Waals surface area contributed by atoms with E-state index in [0.29, 0.717) is 6.04 Å². The van der Waals surface area contributed by atoms with Crippen LogP contribution in [0.4, 0.5) is 0 Å². The molecule has 1 rings (SSSR count). The highest BCUT2D eigenvalue weighted by Gasteiger charge is 2.09. The third kappa shape index (κ3) is 5.75. The van der Waals surface area contributed by atoms with Crippen LogP contribution in [0.25, 0.3) is 0 Å². The van der Waals surface area contributed by atoms with Gasteiger partial charge in [-0.2, -0.15) is 0 Å². The van der Waals surface area contributed by atoms with Gasteiger partial charge in [-0.3, -0.25) is 11.3 Å². The Labute approximate surface area is 118 Å². The Morgan fingerprint density at radius 1 is 1.00 bits per heavy atom. The first kappa shape index (κ1) is 16.2. The molecule has 0 saturated heterocycles. The molecule has 19 heavy (non-hydrogen) atoms. The van der Waals surface area contributed by atoms with Crippen molar-refractivity contribution in [2.24, 2.45) is 5.84 Å². The lowest BCUT2D eigenvalue weighted by atomic mass is 9.97. The lowest BCUT2D eigenvalue weighted by Gasteiger charge is -2.17. The molecule has 0 bridgehead atoms. The molecule has 108 valence electrons. The summed E-state index contributed by atoms with van der Waals surface area (Å²) in [6.45, 7) is 6.57. The second kappa shape index (κ2) is 9.11. The number of nitrogens with one attached hydrogen (secondary N) is 1. The van der Waals surface area contributed by atoms with E-state index in [1.165, 1.54) is 55.2 Å². The van der Waals surface area contributed by atoms with Gasteiger partial charge in [0.2, 0.25) is 0 Å². The van der Waals surface area contributed by atoms with Crippen molar-refractivity contribution >= 4 is 0 Å². The summed E-state index contributed by atoms with van der Waals surface area (Å²) < 4.78 is 0. The van der Waals surface area contributed by atoms with E-state index < -0.39 is 0 Å². The van der Waals surface area contributed by atoms with Gasteiger partial charge in [0.15, 0.2) is 0 Å². The Morgan fingerprint density at radius 2 is 1.68 bits per heavy atom. The average Bonchev–Trinajstić information content (AvgIpc) is 2.41. The van der Waals surface area contributed by atoms with Gasteiger partial charge in [-0.15, -0.1) is 0 Å². The first-order valence-electron chi connectivity index (χ1n) is 7.72. The molecule has 0 aliphatic heterocycles. The van der Waals surface area contributed by atoms with Crippen LogP contribution in [0, 0.1) is 13.8 Å². The number of unbranched alkanes of at least 4 members (excludes halogenated alkanes) is 5. The largest absolute Gasteiger partial charge is 0.271 e. The molecule has 2 nitrogen and oxygen atoms in total. The van der Waals surface area contributed by atoms with Crippen molar-refractivity contribution in [2.45, 2.75) is 71.8 Å². The van der Waals surface area contributed by atoms with E-state index in [-0.39, 0.29) is 0 Å². The second-order valence-corrected chi connectivity index (χ2v) is 5.62. The molecular weight excluding hydrogens is 232 g/mol. The van der Waals surface area contributed by atoms with Crippen LogP contribution in [-0.2, 0) is 0 Å². The van der Waals surface area contributed by atoms with Crippen molar-refractivity contribution in [3.63, 3.8) is 0 Å². The van der Waals surface area contributed by atoms with Gasteiger partial charge in [-0.1, -0.05) is 63.6 Å². The van der Waals surface area contributed by atoms with E-state index >= 15 is 0 Å². The van der Waals surface area contributed by atoms with Crippen molar-refractivity contribution in [3.8, 4) is 0 Å². The summed E-state index contributed by atoms with van der Waals surface area (Å²) in [6, 6.07) is 6.95. The Morgan fingerprint density at radius 3 is 2.32 bits per heavy atom. The zero-order valence-corrected chi connectivity index (χ0v) is 12.8. The topological polar surface area (TPSA) is 38.0 Å². The molecule has 3 N–H and O–H groups in total. The number of rotatable bonds is 9. The second-order valence-electron chi connectivity index (χ2n) is 5.62. The van der Waals surface area contributed by atoms with E-state index in [2.05, 4.69) is 44.4 Å². The molecular formula is C17H30N2. The Kier molecular flexibility index (Phi) is 7.76. The normalized spacial score (nSPS) is 12.6. The van der Waals surface area contributed by atoms with E-state index in [1.807, 2.05) is 0 Å². The number of aryl methyl sites for hydroxylation is 2. The molecule has 0 saturated carbocycles.